The highest BCUT2D eigenvalue weighted by molar-refractivity contribution is 7.20. The van der Waals surface area contributed by atoms with Crippen molar-refractivity contribution in [2.75, 3.05) is 37.8 Å². The van der Waals surface area contributed by atoms with E-state index in [4.69, 9.17) is 9.47 Å². The van der Waals surface area contributed by atoms with Gasteiger partial charge in [-0.25, -0.2) is 9.78 Å². The number of carbonyl (C=O) groups excluding carboxylic acids is 1. The van der Waals surface area contributed by atoms with Gasteiger partial charge in [-0.15, -0.1) is 5.10 Å². The molecule has 8 nitrogen and oxygen atoms in total. The summed E-state index contributed by atoms with van der Waals surface area (Å²) in [7, 11) is 0. The molecular formula is C13H16N4O4S. The average Bonchev–Trinajstić information content (AvgIpc) is 2.92. The summed E-state index contributed by atoms with van der Waals surface area (Å²) in [5.74, 6) is -0.659. The third-order valence-electron chi connectivity index (χ3n) is 3.34. The molecule has 0 atom stereocenters. The zero-order valence-corrected chi connectivity index (χ0v) is 13.2. The number of anilines is 1. The number of ether oxygens (including phenoxy) is 2. The number of nitrogens with zero attached hydrogens (tertiary/aromatic N) is 4. The summed E-state index contributed by atoms with van der Waals surface area (Å²) in [6.45, 7) is 6.22. The van der Waals surface area contributed by atoms with Crippen molar-refractivity contribution in [3.05, 3.63) is 21.6 Å². The SMILES string of the molecule is CCOC(=O)c1c(C)nc2sc(N3CCOCC3)nn2c1=O. The molecule has 22 heavy (non-hydrogen) atoms. The van der Waals surface area contributed by atoms with Gasteiger partial charge < -0.3 is 14.4 Å². The van der Waals surface area contributed by atoms with E-state index in [-0.39, 0.29) is 12.2 Å². The maximum Gasteiger partial charge on any atom is 0.345 e. The topological polar surface area (TPSA) is 86.0 Å². The molecule has 0 aromatic carbocycles. The van der Waals surface area contributed by atoms with Crippen molar-refractivity contribution in [2.24, 2.45) is 0 Å². The Morgan fingerprint density at radius 3 is 2.82 bits per heavy atom. The Labute approximate surface area is 130 Å². The van der Waals surface area contributed by atoms with Crippen molar-refractivity contribution in [1.82, 2.24) is 14.6 Å². The molecule has 0 aliphatic carbocycles. The van der Waals surface area contributed by atoms with Crippen LogP contribution in [0.15, 0.2) is 4.79 Å². The number of aromatic nitrogens is 3. The maximum atomic E-state index is 12.5. The van der Waals surface area contributed by atoms with E-state index in [1.807, 2.05) is 4.90 Å². The van der Waals surface area contributed by atoms with Gasteiger partial charge in [0.1, 0.15) is 5.56 Å². The first-order chi connectivity index (χ1) is 10.6. The lowest BCUT2D eigenvalue weighted by Crippen LogP contribution is -2.36. The smallest absolute Gasteiger partial charge is 0.345 e. The Morgan fingerprint density at radius 2 is 2.14 bits per heavy atom. The quantitative estimate of drug-likeness (QED) is 0.759. The first-order valence-corrected chi connectivity index (χ1v) is 7.83. The zero-order chi connectivity index (χ0) is 15.7. The number of hydrogen-bond donors (Lipinski definition) is 0. The minimum absolute atomic E-state index is 0.0572. The Hall–Kier alpha value is -2.00. The zero-order valence-electron chi connectivity index (χ0n) is 12.4. The fourth-order valence-electron chi connectivity index (χ4n) is 2.26. The van der Waals surface area contributed by atoms with Gasteiger partial charge in [0.15, 0.2) is 0 Å². The Morgan fingerprint density at radius 1 is 1.41 bits per heavy atom. The molecule has 0 unspecified atom stereocenters. The standard InChI is InChI=1S/C13H16N4O4S/c1-3-21-11(19)9-8(2)14-12-17(10(9)18)15-13(22-12)16-4-6-20-7-5-16/h3-7H2,1-2H3. The van der Waals surface area contributed by atoms with Gasteiger partial charge in [0.25, 0.3) is 5.56 Å². The molecule has 1 aliphatic rings. The normalized spacial score (nSPS) is 15.3. The first kappa shape index (κ1) is 14.9. The highest BCUT2D eigenvalue weighted by atomic mass is 32.1. The second-order valence-electron chi connectivity index (χ2n) is 4.78. The molecule has 2 aromatic heterocycles. The van der Waals surface area contributed by atoms with Crippen LogP contribution >= 0.6 is 11.3 Å². The second-order valence-corrected chi connectivity index (χ2v) is 5.71. The van der Waals surface area contributed by atoms with Crippen LogP contribution in [0.25, 0.3) is 4.96 Å². The fraction of sp³-hybridized carbons (Fsp3) is 0.538. The van der Waals surface area contributed by atoms with Gasteiger partial charge in [0.2, 0.25) is 10.1 Å². The predicted octanol–water partition coefficient (Wildman–Crippen LogP) is 0.473. The summed E-state index contributed by atoms with van der Waals surface area (Å²) >= 11 is 1.32. The van der Waals surface area contributed by atoms with Crippen LogP contribution in [0.4, 0.5) is 5.13 Å². The van der Waals surface area contributed by atoms with Crippen molar-refractivity contribution < 1.29 is 14.3 Å². The van der Waals surface area contributed by atoms with Crippen LogP contribution in [0.5, 0.6) is 0 Å². The highest BCUT2D eigenvalue weighted by Crippen LogP contribution is 2.22. The molecule has 0 bridgehead atoms. The third kappa shape index (κ3) is 2.57. The number of aryl methyl sites for hydroxylation is 1. The van der Waals surface area contributed by atoms with E-state index in [0.29, 0.717) is 29.0 Å². The first-order valence-electron chi connectivity index (χ1n) is 7.02. The largest absolute Gasteiger partial charge is 0.462 e. The van der Waals surface area contributed by atoms with E-state index in [1.165, 1.54) is 15.9 Å². The van der Waals surface area contributed by atoms with Gasteiger partial charge in [0.05, 0.1) is 25.5 Å². The summed E-state index contributed by atoms with van der Waals surface area (Å²) in [4.78, 5) is 31.2. The number of rotatable bonds is 3. The number of fused-ring (bicyclic) bond motifs is 1. The highest BCUT2D eigenvalue weighted by Gasteiger charge is 2.22. The lowest BCUT2D eigenvalue weighted by Gasteiger charge is -2.25. The van der Waals surface area contributed by atoms with Gasteiger partial charge >= 0.3 is 5.97 Å². The predicted molar refractivity (Wildman–Crippen MR) is 80.9 cm³/mol. The lowest BCUT2D eigenvalue weighted by atomic mass is 10.2. The van der Waals surface area contributed by atoms with Gasteiger partial charge in [-0.3, -0.25) is 4.79 Å². The van der Waals surface area contributed by atoms with E-state index in [1.54, 1.807) is 13.8 Å². The monoisotopic (exact) mass is 324 g/mol. The molecule has 0 N–H and O–H groups in total. The number of esters is 1. The van der Waals surface area contributed by atoms with E-state index >= 15 is 0 Å². The molecule has 3 rings (SSSR count). The van der Waals surface area contributed by atoms with E-state index in [0.717, 1.165) is 13.1 Å². The minimum atomic E-state index is -0.659. The number of hydrogen-bond acceptors (Lipinski definition) is 8. The van der Waals surface area contributed by atoms with Crippen LogP contribution in [0.2, 0.25) is 0 Å². The second kappa shape index (κ2) is 6.01. The summed E-state index contributed by atoms with van der Waals surface area (Å²) in [5.41, 5.74) is -0.185. The van der Waals surface area contributed by atoms with Gasteiger partial charge in [-0.1, -0.05) is 11.3 Å². The Bertz CT molecular complexity index is 763. The molecular weight excluding hydrogens is 308 g/mol. The van der Waals surface area contributed by atoms with Crippen molar-refractivity contribution in [2.45, 2.75) is 13.8 Å². The van der Waals surface area contributed by atoms with Crippen molar-refractivity contribution in [1.29, 1.82) is 0 Å². The molecule has 1 saturated heterocycles. The molecule has 3 heterocycles. The van der Waals surface area contributed by atoms with Crippen LogP contribution < -0.4 is 10.5 Å². The Balaban J connectivity index is 2.06. The minimum Gasteiger partial charge on any atom is -0.462 e. The summed E-state index contributed by atoms with van der Waals surface area (Å²) in [6.07, 6.45) is 0. The van der Waals surface area contributed by atoms with Crippen molar-refractivity contribution in [3.63, 3.8) is 0 Å². The van der Waals surface area contributed by atoms with E-state index in [2.05, 4.69) is 10.1 Å². The summed E-state index contributed by atoms with van der Waals surface area (Å²) in [5, 5.41) is 5.01. The van der Waals surface area contributed by atoms with Crippen molar-refractivity contribution >= 4 is 27.4 Å². The summed E-state index contributed by atoms with van der Waals surface area (Å²) in [6, 6.07) is 0. The Kier molecular flexibility index (Phi) is 4.08. The number of morpholine rings is 1. The molecule has 0 saturated carbocycles. The van der Waals surface area contributed by atoms with Crippen LogP contribution in [-0.4, -0.2) is 53.5 Å². The molecule has 118 valence electrons. The lowest BCUT2D eigenvalue weighted by molar-refractivity contribution is 0.0522. The van der Waals surface area contributed by atoms with Crippen LogP contribution in [0.1, 0.15) is 23.0 Å². The molecule has 1 fully saturated rings. The molecule has 9 heteroatoms. The summed E-state index contributed by atoms with van der Waals surface area (Å²) < 4.78 is 11.4. The fourth-order valence-corrected chi connectivity index (χ4v) is 3.25. The van der Waals surface area contributed by atoms with Crippen LogP contribution in [0.3, 0.4) is 0 Å². The molecule has 2 aromatic rings. The van der Waals surface area contributed by atoms with Crippen LogP contribution in [-0.2, 0) is 9.47 Å². The third-order valence-corrected chi connectivity index (χ3v) is 4.31. The van der Waals surface area contributed by atoms with E-state index in [9.17, 15) is 9.59 Å². The molecule has 0 amide bonds. The van der Waals surface area contributed by atoms with E-state index < -0.39 is 11.5 Å². The van der Waals surface area contributed by atoms with Crippen molar-refractivity contribution in [3.8, 4) is 0 Å². The molecule has 1 aliphatic heterocycles. The molecule has 0 radical (unpaired) electrons. The van der Waals surface area contributed by atoms with Crippen LogP contribution in [0, 0.1) is 6.92 Å². The van der Waals surface area contributed by atoms with Gasteiger partial charge in [0, 0.05) is 13.1 Å². The van der Waals surface area contributed by atoms with Gasteiger partial charge in [-0.2, -0.15) is 4.52 Å². The molecule has 0 spiro atoms. The number of carbonyl (C=O) groups is 1. The van der Waals surface area contributed by atoms with Gasteiger partial charge in [-0.05, 0) is 13.8 Å². The average molecular weight is 324 g/mol. The maximum absolute atomic E-state index is 12.5.